The lowest BCUT2D eigenvalue weighted by Crippen LogP contribution is -2.52. The van der Waals surface area contributed by atoms with Crippen LogP contribution in [0.3, 0.4) is 0 Å². The molecular formula is C19H26N2O4S. The molecule has 3 rings (SSSR count). The van der Waals surface area contributed by atoms with Crippen molar-refractivity contribution in [3.63, 3.8) is 0 Å². The topological polar surface area (TPSA) is 67.9 Å². The van der Waals surface area contributed by atoms with Gasteiger partial charge in [0, 0.05) is 16.9 Å². The van der Waals surface area contributed by atoms with E-state index in [9.17, 15) is 9.59 Å². The molecule has 1 aromatic rings. The SMILES string of the molecule is CCCCNC(=O)[C@@H]1N2C(=O)c3c(ccc(OC)c3OC)[C@H]2SC1(C)C. The molecule has 1 saturated heterocycles. The van der Waals surface area contributed by atoms with Crippen LogP contribution in [0.25, 0.3) is 0 Å². The number of carbonyl (C=O) groups is 2. The Bertz CT molecular complexity index is 734. The van der Waals surface area contributed by atoms with E-state index in [2.05, 4.69) is 12.2 Å². The fourth-order valence-electron chi connectivity index (χ4n) is 3.74. The van der Waals surface area contributed by atoms with Gasteiger partial charge in [0.05, 0.1) is 19.8 Å². The van der Waals surface area contributed by atoms with Crippen LogP contribution in [0.1, 0.15) is 54.9 Å². The van der Waals surface area contributed by atoms with Gasteiger partial charge in [0.15, 0.2) is 11.5 Å². The lowest BCUT2D eigenvalue weighted by Gasteiger charge is -2.29. The van der Waals surface area contributed by atoms with Gasteiger partial charge >= 0.3 is 0 Å². The monoisotopic (exact) mass is 378 g/mol. The molecule has 0 aliphatic carbocycles. The standard InChI is InChI=1S/C19H26N2O4S/c1-6-7-10-20-16(22)15-19(2,3)26-18-11-8-9-12(24-4)14(25-5)13(11)17(23)21(15)18/h8-9,15,18H,6-7,10H2,1-5H3,(H,20,22)/t15-,18+/m0/s1. The van der Waals surface area contributed by atoms with Gasteiger partial charge < -0.3 is 19.7 Å². The van der Waals surface area contributed by atoms with Crippen molar-refractivity contribution in [2.45, 2.75) is 49.8 Å². The number of methoxy groups -OCH3 is 2. The molecule has 7 heteroatoms. The summed E-state index contributed by atoms with van der Waals surface area (Å²) in [4.78, 5) is 27.8. The molecule has 1 fully saturated rings. The van der Waals surface area contributed by atoms with Crippen LogP contribution in [0.5, 0.6) is 11.5 Å². The van der Waals surface area contributed by atoms with Gasteiger partial charge in [-0.2, -0.15) is 0 Å². The predicted molar refractivity (Wildman–Crippen MR) is 102 cm³/mol. The maximum Gasteiger partial charge on any atom is 0.260 e. The summed E-state index contributed by atoms with van der Waals surface area (Å²) in [5.41, 5.74) is 1.39. The van der Waals surface area contributed by atoms with E-state index in [1.165, 1.54) is 7.11 Å². The highest BCUT2D eigenvalue weighted by Crippen LogP contribution is 2.58. The molecule has 1 aromatic carbocycles. The second kappa shape index (κ2) is 7.02. The smallest absolute Gasteiger partial charge is 0.260 e. The van der Waals surface area contributed by atoms with Crippen LogP contribution in [0.2, 0.25) is 0 Å². The minimum absolute atomic E-state index is 0.0921. The van der Waals surface area contributed by atoms with Crippen LogP contribution in [-0.2, 0) is 4.79 Å². The maximum absolute atomic E-state index is 13.3. The molecule has 0 saturated carbocycles. The van der Waals surface area contributed by atoms with Gasteiger partial charge in [-0.25, -0.2) is 0 Å². The Labute approximate surface area is 158 Å². The molecule has 0 radical (unpaired) electrons. The molecule has 2 heterocycles. The van der Waals surface area contributed by atoms with Crippen molar-refractivity contribution in [3.8, 4) is 11.5 Å². The Hall–Kier alpha value is -1.89. The zero-order valence-corrected chi connectivity index (χ0v) is 16.7. The summed E-state index contributed by atoms with van der Waals surface area (Å²) in [6.07, 6.45) is 1.94. The first-order valence-corrected chi connectivity index (χ1v) is 9.78. The van der Waals surface area contributed by atoms with Crippen LogP contribution in [0.4, 0.5) is 0 Å². The number of amides is 2. The number of unbranched alkanes of at least 4 members (excludes halogenated alkanes) is 1. The summed E-state index contributed by atoms with van der Waals surface area (Å²) >= 11 is 1.64. The van der Waals surface area contributed by atoms with Crippen molar-refractivity contribution in [2.75, 3.05) is 20.8 Å². The highest BCUT2D eigenvalue weighted by atomic mass is 32.2. The lowest BCUT2D eigenvalue weighted by molar-refractivity contribution is -0.126. The number of nitrogens with zero attached hydrogens (tertiary/aromatic N) is 1. The van der Waals surface area contributed by atoms with Gasteiger partial charge in [0.25, 0.3) is 5.91 Å². The van der Waals surface area contributed by atoms with Crippen LogP contribution >= 0.6 is 11.8 Å². The predicted octanol–water partition coefficient (Wildman–Crippen LogP) is 2.97. The largest absolute Gasteiger partial charge is 0.493 e. The normalized spacial score (nSPS) is 22.8. The molecule has 0 bridgehead atoms. The third-order valence-electron chi connectivity index (χ3n) is 4.97. The van der Waals surface area contributed by atoms with Gasteiger partial charge in [0.2, 0.25) is 5.91 Å². The summed E-state index contributed by atoms with van der Waals surface area (Å²) in [7, 11) is 3.08. The number of fused-ring (bicyclic) bond motifs is 3. The van der Waals surface area contributed by atoms with E-state index in [1.807, 2.05) is 26.0 Å². The third-order valence-corrected chi connectivity index (χ3v) is 6.51. The fraction of sp³-hybridized carbons (Fsp3) is 0.579. The van der Waals surface area contributed by atoms with Gasteiger partial charge in [0.1, 0.15) is 11.4 Å². The Morgan fingerprint density at radius 3 is 2.65 bits per heavy atom. The van der Waals surface area contributed by atoms with Gasteiger partial charge in [-0.05, 0) is 26.3 Å². The van der Waals surface area contributed by atoms with Crippen molar-refractivity contribution in [2.24, 2.45) is 0 Å². The van der Waals surface area contributed by atoms with E-state index >= 15 is 0 Å². The molecule has 26 heavy (non-hydrogen) atoms. The first kappa shape index (κ1) is 18.9. The van der Waals surface area contributed by atoms with Gasteiger partial charge in [-0.1, -0.05) is 19.4 Å². The van der Waals surface area contributed by atoms with Crippen molar-refractivity contribution in [3.05, 3.63) is 23.3 Å². The summed E-state index contributed by atoms with van der Waals surface area (Å²) in [5.74, 6) is 0.696. The van der Waals surface area contributed by atoms with Crippen molar-refractivity contribution < 1.29 is 19.1 Å². The molecule has 2 atom stereocenters. The molecule has 2 amide bonds. The molecule has 1 N–H and O–H groups in total. The number of nitrogens with one attached hydrogen (secondary N) is 1. The van der Waals surface area contributed by atoms with Gasteiger partial charge in [-0.15, -0.1) is 11.8 Å². The Balaban J connectivity index is 1.98. The minimum Gasteiger partial charge on any atom is -0.493 e. The highest BCUT2D eigenvalue weighted by molar-refractivity contribution is 8.01. The average Bonchev–Trinajstić information content (AvgIpc) is 3.04. The lowest BCUT2D eigenvalue weighted by atomic mass is 10.0. The first-order valence-electron chi connectivity index (χ1n) is 8.90. The van der Waals surface area contributed by atoms with E-state index in [1.54, 1.807) is 23.8 Å². The van der Waals surface area contributed by atoms with E-state index in [-0.39, 0.29) is 21.9 Å². The van der Waals surface area contributed by atoms with E-state index in [4.69, 9.17) is 9.47 Å². The quantitative estimate of drug-likeness (QED) is 0.771. The molecule has 142 valence electrons. The average molecular weight is 378 g/mol. The van der Waals surface area contributed by atoms with Crippen molar-refractivity contribution in [1.82, 2.24) is 10.2 Å². The Morgan fingerprint density at radius 1 is 1.31 bits per heavy atom. The number of hydrogen-bond acceptors (Lipinski definition) is 5. The summed E-state index contributed by atoms with van der Waals surface area (Å²) in [5, 5.41) is 2.80. The van der Waals surface area contributed by atoms with Gasteiger partial charge in [-0.3, -0.25) is 9.59 Å². The van der Waals surface area contributed by atoms with Crippen LogP contribution < -0.4 is 14.8 Å². The van der Waals surface area contributed by atoms with E-state index < -0.39 is 6.04 Å². The molecule has 0 unspecified atom stereocenters. The third kappa shape index (κ3) is 2.82. The van der Waals surface area contributed by atoms with Crippen LogP contribution in [-0.4, -0.2) is 48.3 Å². The van der Waals surface area contributed by atoms with Crippen LogP contribution in [0.15, 0.2) is 12.1 Å². The van der Waals surface area contributed by atoms with Crippen molar-refractivity contribution in [1.29, 1.82) is 0 Å². The number of thioether (sulfide) groups is 1. The number of hydrogen-bond donors (Lipinski definition) is 1. The summed E-state index contributed by atoms with van der Waals surface area (Å²) in [6.45, 7) is 6.75. The fourth-order valence-corrected chi connectivity index (χ4v) is 5.32. The van der Waals surface area contributed by atoms with Crippen LogP contribution in [0, 0.1) is 0 Å². The molecule has 2 aliphatic rings. The summed E-state index contributed by atoms with van der Waals surface area (Å²) < 4.78 is 10.4. The molecule has 0 spiro atoms. The number of rotatable bonds is 6. The van der Waals surface area contributed by atoms with Crippen molar-refractivity contribution >= 4 is 23.6 Å². The minimum atomic E-state index is -0.523. The molecule has 6 nitrogen and oxygen atoms in total. The Kier molecular flexibility index (Phi) is 5.10. The highest BCUT2D eigenvalue weighted by Gasteiger charge is 2.58. The zero-order chi connectivity index (χ0) is 19.1. The number of carbonyl (C=O) groups excluding carboxylic acids is 2. The maximum atomic E-state index is 13.3. The number of ether oxygens (including phenoxy) is 2. The molecular weight excluding hydrogens is 352 g/mol. The van der Waals surface area contributed by atoms with E-state index in [0.29, 0.717) is 23.6 Å². The molecule has 2 aliphatic heterocycles. The second-order valence-corrected chi connectivity index (χ2v) is 8.83. The Morgan fingerprint density at radius 2 is 2.04 bits per heavy atom. The summed E-state index contributed by atoms with van der Waals surface area (Å²) in [6, 6.07) is 3.20. The second-order valence-electron chi connectivity index (χ2n) is 7.10. The first-order chi connectivity index (χ1) is 12.4. The van der Waals surface area contributed by atoms with E-state index in [0.717, 1.165) is 18.4 Å². The zero-order valence-electron chi connectivity index (χ0n) is 15.9. The molecule has 0 aromatic heterocycles. The number of benzene rings is 1.